The highest BCUT2D eigenvalue weighted by atomic mass is 35.5. The summed E-state index contributed by atoms with van der Waals surface area (Å²) in [4.78, 5) is 0. The lowest BCUT2D eigenvalue weighted by molar-refractivity contribution is 1.12. The van der Waals surface area contributed by atoms with Gasteiger partial charge in [-0.2, -0.15) is 0 Å². The number of hydrogen-bond donors (Lipinski definition) is 1. The molecule has 0 saturated carbocycles. The fraction of sp³-hybridized carbons (Fsp3) is 0.750. The zero-order chi connectivity index (χ0) is 5.86. The third-order valence-corrected chi connectivity index (χ3v) is 1.28. The van der Waals surface area contributed by atoms with Crippen molar-refractivity contribution in [3.8, 4) is 0 Å². The zero-order valence-corrected chi connectivity index (χ0v) is 5.94. The zero-order valence-electron chi connectivity index (χ0n) is 4.36. The smallest absolute Gasteiger partial charge is 0.155 e. The molecule has 0 bridgehead atoms. The van der Waals surface area contributed by atoms with E-state index in [0.717, 1.165) is 0 Å². The van der Waals surface area contributed by atoms with E-state index in [-0.39, 0.29) is 4.50 Å². The molecule has 0 saturated heterocycles. The second kappa shape index (κ2) is 3.33. The summed E-state index contributed by atoms with van der Waals surface area (Å²) >= 11 is 6.58. The fourth-order valence-electron chi connectivity index (χ4n) is 0.207. The van der Waals surface area contributed by atoms with Crippen LogP contribution in [0.5, 0.6) is 0 Å². The van der Waals surface area contributed by atoms with Crippen molar-refractivity contribution in [1.29, 1.82) is 5.41 Å². The van der Waals surface area contributed by atoms with Crippen molar-refractivity contribution < 1.29 is 0 Å². The minimum absolute atomic E-state index is 0.176. The van der Waals surface area contributed by atoms with Gasteiger partial charge in [0.15, 0.2) is 4.50 Å². The molecular formula is C4H8ClNS. The first kappa shape index (κ1) is 7.31. The lowest BCUT2D eigenvalue weighted by Crippen LogP contribution is -1.87. The Hall–Kier alpha value is 0.310. The number of halogens is 1. The van der Waals surface area contributed by atoms with Crippen LogP contribution in [0.3, 0.4) is 0 Å². The summed E-state index contributed by atoms with van der Waals surface area (Å²) in [7, 11) is 0. The van der Waals surface area contributed by atoms with Crippen molar-refractivity contribution in [3.63, 3.8) is 0 Å². The predicted octanol–water partition coefficient (Wildman–Crippen LogP) is 2.30. The molecule has 0 aromatic carbocycles. The van der Waals surface area contributed by atoms with E-state index in [9.17, 15) is 0 Å². The van der Waals surface area contributed by atoms with Gasteiger partial charge in [-0.25, -0.2) is 0 Å². The summed E-state index contributed by atoms with van der Waals surface area (Å²) in [5.41, 5.74) is 0. The molecule has 42 valence electrons. The lowest BCUT2D eigenvalue weighted by atomic mass is 10.6. The van der Waals surface area contributed by atoms with Gasteiger partial charge in [-0.3, -0.25) is 5.41 Å². The number of thioether (sulfide) groups is 1. The lowest BCUT2D eigenvalue weighted by Gasteiger charge is -1.96. The quantitative estimate of drug-likeness (QED) is 0.435. The van der Waals surface area contributed by atoms with Crippen molar-refractivity contribution in [2.75, 3.05) is 0 Å². The summed E-state index contributed by atoms with van der Waals surface area (Å²) in [6.07, 6.45) is 0. The van der Waals surface area contributed by atoms with Gasteiger partial charge in [0, 0.05) is 5.25 Å². The van der Waals surface area contributed by atoms with E-state index in [2.05, 4.69) is 0 Å². The molecule has 0 amide bonds. The average molecular weight is 138 g/mol. The van der Waals surface area contributed by atoms with E-state index in [4.69, 9.17) is 17.0 Å². The minimum Gasteiger partial charge on any atom is -0.283 e. The van der Waals surface area contributed by atoms with Crippen molar-refractivity contribution in [1.82, 2.24) is 0 Å². The Bertz CT molecular complexity index is 72.1. The summed E-state index contributed by atoms with van der Waals surface area (Å²) in [6, 6.07) is 0. The van der Waals surface area contributed by atoms with Gasteiger partial charge in [-0.1, -0.05) is 37.2 Å². The molecule has 0 atom stereocenters. The summed E-state index contributed by atoms with van der Waals surface area (Å²) < 4.78 is 0.176. The SMILES string of the molecule is CC(C)SC(=N)Cl. The van der Waals surface area contributed by atoms with Crippen LogP contribution in [0, 0.1) is 5.41 Å². The molecule has 0 aliphatic rings. The molecule has 0 aliphatic heterocycles. The molecule has 3 heteroatoms. The molecule has 0 aromatic heterocycles. The molecule has 1 N–H and O–H groups in total. The minimum atomic E-state index is 0.176. The number of nitrogens with one attached hydrogen (secondary N) is 1. The number of rotatable bonds is 1. The van der Waals surface area contributed by atoms with Crippen LogP contribution < -0.4 is 0 Å². The molecule has 0 fully saturated rings. The van der Waals surface area contributed by atoms with Crippen LogP contribution in [0.4, 0.5) is 0 Å². The molecular weight excluding hydrogens is 130 g/mol. The van der Waals surface area contributed by atoms with E-state index in [0.29, 0.717) is 5.25 Å². The molecule has 1 nitrogen and oxygen atoms in total. The van der Waals surface area contributed by atoms with Gasteiger partial charge in [0.2, 0.25) is 0 Å². The van der Waals surface area contributed by atoms with Gasteiger partial charge in [-0.15, -0.1) is 0 Å². The Kier molecular flexibility index (Phi) is 3.48. The molecule has 0 radical (unpaired) electrons. The monoisotopic (exact) mass is 137 g/mol. The maximum absolute atomic E-state index is 6.75. The Morgan fingerprint density at radius 3 is 2.14 bits per heavy atom. The first-order chi connectivity index (χ1) is 3.13. The van der Waals surface area contributed by atoms with Gasteiger partial charge in [0.05, 0.1) is 0 Å². The Labute approximate surface area is 52.9 Å². The van der Waals surface area contributed by atoms with Crippen LogP contribution >= 0.6 is 23.4 Å². The summed E-state index contributed by atoms with van der Waals surface area (Å²) in [5, 5.41) is 7.19. The van der Waals surface area contributed by atoms with E-state index in [1.54, 1.807) is 0 Å². The van der Waals surface area contributed by atoms with Crippen molar-refractivity contribution >= 4 is 27.9 Å². The fourth-order valence-corrected chi connectivity index (χ4v) is 1.16. The Balaban J connectivity index is 3.13. The normalized spacial score (nSPS) is 9.71. The molecule has 0 spiro atoms. The van der Waals surface area contributed by atoms with Crippen molar-refractivity contribution in [2.45, 2.75) is 19.1 Å². The van der Waals surface area contributed by atoms with Crippen LogP contribution in [-0.2, 0) is 0 Å². The van der Waals surface area contributed by atoms with Gasteiger partial charge < -0.3 is 0 Å². The topological polar surface area (TPSA) is 23.9 Å². The average Bonchev–Trinajstić information content (AvgIpc) is 1.27. The Morgan fingerprint density at radius 1 is 1.71 bits per heavy atom. The first-order valence-corrected chi connectivity index (χ1v) is 3.29. The van der Waals surface area contributed by atoms with Gasteiger partial charge in [-0.05, 0) is 0 Å². The molecule has 0 aromatic rings. The summed E-state index contributed by atoms with van der Waals surface area (Å²) in [6.45, 7) is 4.00. The molecule has 0 unspecified atom stereocenters. The van der Waals surface area contributed by atoms with Gasteiger partial charge in [0.1, 0.15) is 0 Å². The van der Waals surface area contributed by atoms with Crippen LogP contribution in [0.25, 0.3) is 0 Å². The second-order valence-electron chi connectivity index (χ2n) is 1.44. The largest absolute Gasteiger partial charge is 0.283 e. The van der Waals surface area contributed by atoms with E-state index < -0.39 is 0 Å². The Morgan fingerprint density at radius 2 is 2.14 bits per heavy atom. The molecule has 0 heterocycles. The second-order valence-corrected chi connectivity index (χ2v) is 3.63. The highest BCUT2D eigenvalue weighted by molar-refractivity contribution is 8.17. The van der Waals surface area contributed by atoms with Gasteiger partial charge in [0.25, 0.3) is 0 Å². The van der Waals surface area contributed by atoms with Gasteiger partial charge >= 0.3 is 0 Å². The predicted molar refractivity (Wildman–Crippen MR) is 36.3 cm³/mol. The first-order valence-electron chi connectivity index (χ1n) is 2.03. The van der Waals surface area contributed by atoms with Crippen molar-refractivity contribution in [2.24, 2.45) is 0 Å². The van der Waals surface area contributed by atoms with E-state index >= 15 is 0 Å². The standard InChI is InChI=1S/C4H8ClNS/c1-3(2)7-4(5)6/h3,6H,1-2H3. The molecule has 0 rings (SSSR count). The van der Waals surface area contributed by atoms with E-state index in [1.165, 1.54) is 11.8 Å². The van der Waals surface area contributed by atoms with E-state index in [1.807, 2.05) is 13.8 Å². The highest BCUT2D eigenvalue weighted by Crippen LogP contribution is 2.11. The highest BCUT2D eigenvalue weighted by Gasteiger charge is 1.94. The van der Waals surface area contributed by atoms with Crippen LogP contribution in [0.15, 0.2) is 0 Å². The maximum Gasteiger partial charge on any atom is 0.155 e. The van der Waals surface area contributed by atoms with Crippen molar-refractivity contribution in [3.05, 3.63) is 0 Å². The third-order valence-electron chi connectivity index (χ3n) is 0.339. The number of hydrogen-bond acceptors (Lipinski definition) is 2. The van der Waals surface area contributed by atoms with Crippen LogP contribution in [-0.4, -0.2) is 9.75 Å². The van der Waals surface area contributed by atoms with Crippen LogP contribution in [0.2, 0.25) is 0 Å². The van der Waals surface area contributed by atoms with Crippen LogP contribution in [0.1, 0.15) is 13.8 Å². The summed E-state index contributed by atoms with van der Waals surface area (Å²) in [5.74, 6) is 0. The third kappa shape index (κ3) is 6.31. The maximum atomic E-state index is 6.75. The molecule has 7 heavy (non-hydrogen) atoms. The molecule has 0 aliphatic carbocycles.